The Hall–Kier alpha value is -2.30. The molecule has 1 amide bonds. The first-order chi connectivity index (χ1) is 12.0. The lowest BCUT2D eigenvalue weighted by atomic mass is 10.2. The first-order valence-electron chi connectivity index (χ1n) is 7.78. The molecule has 128 valence electrons. The number of halogens is 2. The van der Waals surface area contributed by atoms with Crippen molar-refractivity contribution in [2.75, 3.05) is 5.32 Å². The number of aryl methyl sites for hydroxylation is 2. The van der Waals surface area contributed by atoms with Gasteiger partial charge in [0.25, 0.3) is 0 Å². The summed E-state index contributed by atoms with van der Waals surface area (Å²) in [5, 5.41) is 3.91. The number of nitrogens with zero attached hydrogens (tertiary/aromatic N) is 1. The van der Waals surface area contributed by atoms with Gasteiger partial charge in [0.05, 0.1) is 11.2 Å². The normalized spacial score (nSPS) is 10.7. The van der Waals surface area contributed by atoms with E-state index in [0.29, 0.717) is 33.7 Å². The molecule has 25 heavy (non-hydrogen) atoms. The van der Waals surface area contributed by atoms with Crippen LogP contribution in [0.4, 0.5) is 5.69 Å². The Balaban J connectivity index is 1.61. The molecular weight excluding hydrogens is 359 g/mol. The number of anilines is 1. The third-order valence-electron chi connectivity index (χ3n) is 3.62. The van der Waals surface area contributed by atoms with Crippen LogP contribution in [0.1, 0.15) is 17.9 Å². The van der Waals surface area contributed by atoms with Crippen LogP contribution in [0.25, 0.3) is 11.3 Å². The molecule has 0 atom stereocenters. The summed E-state index contributed by atoms with van der Waals surface area (Å²) < 4.78 is 5.69. The lowest BCUT2D eigenvalue weighted by molar-refractivity contribution is -0.116. The van der Waals surface area contributed by atoms with Crippen LogP contribution >= 0.6 is 23.2 Å². The number of carbonyl (C=O) groups excluding carboxylic acids is 1. The Morgan fingerprint density at radius 2 is 2.04 bits per heavy atom. The van der Waals surface area contributed by atoms with Gasteiger partial charge in [0.1, 0.15) is 0 Å². The molecule has 2 aromatic carbocycles. The quantitative estimate of drug-likeness (QED) is 0.638. The molecule has 1 N–H and O–H groups in total. The topological polar surface area (TPSA) is 55.1 Å². The summed E-state index contributed by atoms with van der Waals surface area (Å²) in [6.45, 7) is 1.98. The molecule has 1 aromatic heterocycles. The van der Waals surface area contributed by atoms with E-state index in [0.717, 1.165) is 11.3 Å². The zero-order chi connectivity index (χ0) is 17.8. The summed E-state index contributed by atoms with van der Waals surface area (Å²) in [5.41, 5.74) is 2.59. The van der Waals surface area contributed by atoms with E-state index >= 15 is 0 Å². The summed E-state index contributed by atoms with van der Waals surface area (Å²) in [7, 11) is 0. The molecule has 0 aliphatic heterocycles. The van der Waals surface area contributed by atoms with E-state index in [1.165, 1.54) is 0 Å². The van der Waals surface area contributed by atoms with Crippen molar-refractivity contribution in [1.29, 1.82) is 0 Å². The average Bonchev–Trinajstić information content (AvgIpc) is 3.01. The van der Waals surface area contributed by atoms with Gasteiger partial charge in [-0.25, -0.2) is 4.98 Å². The third-order valence-corrected chi connectivity index (χ3v) is 4.17. The van der Waals surface area contributed by atoms with Gasteiger partial charge in [0.15, 0.2) is 11.7 Å². The highest BCUT2D eigenvalue weighted by Gasteiger charge is 2.12. The highest BCUT2D eigenvalue weighted by Crippen LogP contribution is 2.30. The molecule has 0 unspecified atom stereocenters. The van der Waals surface area contributed by atoms with Crippen LogP contribution in [-0.2, 0) is 11.2 Å². The fraction of sp³-hybridized carbons (Fsp3) is 0.158. The van der Waals surface area contributed by atoms with Crippen molar-refractivity contribution in [2.45, 2.75) is 19.8 Å². The van der Waals surface area contributed by atoms with E-state index in [2.05, 4.69) is 10.3 Å². The average molecular weight is 375 g/mol. The first kappa shape index (κ1) is 17.5. The van der Waals surface area contributed by atoms with Crippen molar-refractivity contribution in [1.82, 2.24) is 4.98 Å². The van der Waals surface area contributed by atoms with Gasteiger partial charge in [0, 0.05) is 29.1 Å². The highest BCUT2D eigenvalue weighted by atomic mass is 35.5. The molecule has 0 fully saturated rings. The highest BCUT2D eigenvalue weighted by molar-refractivity contribution is 6.36. The molecule has 0 spiro atoms. The van der Waals surface area contributed by atoms with Gasteiger partial charge in [-0.1, -0.05) is 35.3 Å². The van der Waals surface area contributed by atoms with E-state index in [-0.39, 0.29) is 12.3 Å². The van der Waals surface area contributed by atoms with Gasteiger partial charge in [0.2, 0.25) is 5.91 Å². The van der Waals surface area contributed by atoms with Crippen molar-refractivity contribution < 1.29 is 9.21 Å². The minimum atomic E-state index is -0.0881. The maximum Gasteiger partial charge on any atom is 0.224 e. The van der Waals surface area contributed by atoms with Crippen LogP contribution in [0.15, 0.2) is 53.1 Å². The van der Waals surface area contributed by atoms with Crippen molar-refractivity contribution in [3.63, 3.8) is 0 Å². The molecule has 0 bridgehead atoms. The summed E-state index contributed by atoms with van der Waals surface area (Å²) in [6.07, 6.45) is 2.29. The third kappa shape index (κ3) is 4.62. The summed E-state index contributed by atoms with van der Waals surface area (Å²) in [6, 6.07) is 12.8. The molecule has 3 aromatic rings. The first-order valence-corrected chi connectivity index (χ1v) is 8.53. The Morgan fingerprint density at radius 3 is 2.80 bits per heavy atom. The van der Waals surface area contributed by atoms with Crippen LogP contribution in [0.2, 0.25) is 10.0 Å². The van der Waals surface area contributed by atoms with E-state index in [9.17, 15) is 4.79 Å². The number of hydrogen-bond donors (Lipinski definition) is 1. The van der Waals surface area contributed by atoms with Crippen LogP contribution in [-0.4, -0.2) is 10.9 Å². The Labute approximate surface area is 155 Å². The van der Waals surface area contributed by atoms with Gasteiger partial charge >= 0.3 is 0 Å². The largest absolute Gasteiger partial charge is 0.441 e. The van der Waals surface area contributed by atoms with E-state index < -0.39 is 0 Å². The number of hydrogen-bond acceptors (Lipinski definition) is 3. The summed E-state index contributed by atoms with van der Waals surface area (Å²) in [4.78, 5) is 16.3. The number of carbonyl (C=O) groups is 1. The number of oxazole rings is 1. The van der Waals surface area contributed by atoms with Gasteiger partial charge < -0.3 is 9.73 Å². The van der Waals surface area contributed by atoms with Crippen molar-refractivity contribution in [3.05, 3.63) is 70.2 Å². The smallest absolute Gasteiger partial charge is 0.224 e. The molecule has 0 saturated heterocycles. The number of amides is 1. The van der Waals surface area contributed by atoms with Crippen LogP contribution in [0.5, 0.6) is 0 Å². The van der Waals surface area contributed by atoms with Crippen LogP contribution in [0.3, 0.4) is 0 Å². The van der Waals surface area contributed by atoms with Crippen molar-refractivity contribution in [3.8, 4) is 11.3 Å². The molecule has 3 rings (SSSR count). The molecule has 1 heterocycles. The molecule has 6 heteroatoms. The Morgan fingerprint density at radius 1 is 1.20 bits per heavy atom. The summed E-state index contributed by atoms with van der Waals surface area (Å²) >= 11 is 12.1. The molecule has 4 nitrogen and oxygen atoms in total. The predicted octanol–water partition coefficient (Wildman–Crippen LogP) is 5.53. The van der Waals surface area contributed by atoms with Gasteiger partial charge in [-0.2, -0.15) is 0 Å². The molecule has 0 aliphatic rings. The monoisotopic (exact) mass is 374 g/mol. The maximum absolute atomic E-state index is 12.0. The number of nitrogens with one attached hydrogen (secondary N) is 1. The standard InChI is InChI=1S/C19H16Cl2N2O2/c1-12-3-2-4-14(9-12)23-18(24)7-8-19-22-11-17(25-19)15-6-5-13(20)10-16(15)21/h2-6,9-11H,7-8H2,1H3,(H,23,24). The predicted molar refractivity (Wildman–Crippen MR) is 100 cm³/mol. The molecule has 0 saturated carbocycles. The molecule has 0 radical (unpaired) electrons. The minimum absolute atomic E-state index is 0.0881. The lowest BCUT2D eigenvalue weighted by Crippen LogP contribution is -2.12. The van der Waals surface area contributed by atoms with E-state index in [4.69, 9.17) is 27.6 Å². The van der Waals surface area contributed by atoms with E-state index in [1.807, 2.05) is 31.2 Å². The minimum Gasteiger partial charge on any atom is -0.441 e. The van der Waals surface area contributed by atoms with Crippen molar-refractivity contribution in [2.24, 2.45) is 0 Å². The zero-order valence-corrected chi connectivity index (χ0v) is 15.1. The van der Waals surface area contributed by atoms with Crippen LogP contribution in [0, 0.1) is 6.92 Å². The number of benzene rings is 2. The van der Waals surface area contributed by atoms with Gasteiger partial charge in [-0.15, -0.1) is 0 Å². The number of rotatable bonds is 5. The van der Waals surface area contributed by atoms with Gasteiger partial charge in [-0.05, 0) is 42.8 Å². The Bertz CT molecular complexity index is 906. The fourth-order valence-corrected chi connectivity index (χ4v) is 2.91. The number of aromatic nitrogens is 1. The van der Waals surface area contributed by atoms with Gasteiger partial charge in [-0.3, -0.25) is 4.79 Å². The molecular formula is C19H16Cl2N2O2. The van der Waals surface area contributed by atoms with Crippen molar-refractivity contribution >= 4 is 34.8 Å². The second kappa shape index (κ2) is 7.72. The summed E-state index contributed by atoms with van der Waals surface area (Å²) in [5.74, 6) is 0.950. The maximum atomic E-state index is 12.0. The zero-order valence-electron chi connectivity index (χ0n) is 13.6. The fourth-order valence-electron chi connectivity index (χ4n) is 2.41. The molecule has 0 aliphatic carbocycles. The lowest BCUT2D eigenvalue weighted by Gasteiger charge is -2.05. The Kier molecular flexibility index (Phi) is 5.41. The van der Waals surface area contributed by atoms with Crippen LogP contribution < -0.4 is 5.32 Å². The second-order valence-electron chi connectivity index (χ2n) is 5.66. The second-order valence-corrected chi connectivity index (χ2v) is 6.50. The van der Waals surface area contributed by atoms with E-state index in [1.54, 1.807) is 24.4 Å². The SMILES string of the molecule is Cc1cccc(NC(=O)CCc2ncc(-c3ccc(Cl)cc3Cl)o2)c1.